The molecule has 0 spiro atoms. The van der Waals surface area contributed by atoms with Crippen LogP contribution in [0.4, 0.5) is 0 Å². The molecule has 1 aliphatic rings. The van der Waals surface area contributed by atoms with E-state index in [1.54, 1.807) is 6.20 Å². The van der Waals surface area contributed by atoms with Gasteiger partial charge < -0.3 is 10.8 Å². The Kier molecular flexibility index (Phi) is 6.33. The second-order valence-electron chi connectivity index (χ2n) is 6.14. The van der Waals surface area contributed by atoms with Crippen molar-refractivity contribution in [2.24, 2.45) is 11.7 Å². The van der Waals surface area contributed by atoms with E-state index in [4.69, 9.17) is 5.73 Å². The minimum atomic E-state index is -1.03. The lowest BCUT2D eigenvalue weighted by atomic mass is 9.83. The van der Waals surface area contributed by atoms with Crippen LogP contribution in [-0.4, -0.2) is 28.0 Å². The van der Waals surface area contributed by atoms with Gasteiger partial charge in [-0.15, -0.1) is 0 Å². The van der Waals surface area contributed by atoms with Gasteiger partial charge in [0.05, 0.1) is 0 Å². The minimum Gasteiger partial charge on any atom is -0.384 e. The average molecular weight is 290 g/mol. The van der Waals surface area contributed by atoms with E-state index in [9.17, 15) is 9.90 Å². The molecular weight excluding hydrogens is 264 g/mol. The molecule has 4 heteroatoms. The molecule has 1 aromatic rings. The lowest BCUT2D eigenvalue weighted by Gasteiger charge is -2.26. The fourth-order valence-electron chi connectivity index (χ4n) is 3.12. The first-order valence-corrected chi connectivity index (χ1v) is 8.03. The predicted octanol–water partition coefficient (Wildman–Crippen LogP) is 2.24. The number of aliphatic hydroxyl groups excluding tert-OH is 1. The van der Waals surface area contributed by atoms with Crippen molar-refractivity contribution in [3.05, 3.63) is 30.1 Å². The molecule has 4 nitrogen and oxygen atoms in total. The molecule has 0 radical (unpaired) electrons. The maximum Gasteiger partial charge on any atom is 0.163 e. The molecule has 0 aromatic carbocycles. The zero-order chi connectivity index (χ0) is 15.1. The van der Waals surface area contributed by atoms with E-state index in [0.717, 1.165) is 12.1 Å². The first kappa shape index (κ1) is 16.1. The fraction of sp³-hybridized carbons (Fsp3) is 0.647. The highest BCUT2D eigenvalue weighted by molar-refractivity contribution is 5.83. The Morgan fingerprint density at radius 1 is 1.33 bits per heavy atom. The Morgan fingerprint density at radius 2 is 2.10 bits per heavy atom. The van der Waals surface area contributed by atoms with Crippen LogP contribution in [0.5, 0.6) is 0 Å². The Morgan fingerprint density at radius 3 is 2.76 bits per heavy atom. The van der Waals surface area contributed by atoms with Gasteiger partial charge in [0.25, 0.3) is 0 Å². The van der Waals surface area contributed by atoms with Gasteiger partial charge >= 0.3 is 0 Å². The molecule has 2 atom stereocenters. The Hall–Kier alpha value is -1.26. The van der Waals surface area contributed by atoms with Crippen LogP contribution >= 0.6 is 0 Å². The summed E-state index contributed by atoms with van der Waals surface area (Å²) in [5.41, 5.74) is 6.91. The standard InChI is InChI=1S/C17H26N2O2/c18-15(12-13-6-2-1-3-7-13)17(21)16(20)10-9-14-8-4-5-11-19-14/h4-5,8,11,13,15,17,21H,1-3,6-7,9-10,12,18H2/t15-,17+/m0/s1. The molecule has 0 amide bonds. The average Bonchev–Trinajstić information content (AvgIpc) is 2.53. The van der Waals surface area contributed by atoms with E-state index in [0.29, 0.717) is 18.8 Å². The molecule has 0 bridgehead atoms. The fourth-order valence-corrected chi connectivity index (χ4v) is 3.12. The number of hydrogen-bond acceptors (Lipinski definition) is 4. The van der Waals surface area contributed by atoms with Gasteiger partial charge in [-0.3, -0.25) is 9.78 Å². The molecule has 0 aliphatic heterocycles. The van der Waals surface area contributed by atoms with Crippen LogP contribution < -0.4 is 5.73 Å². The summed E-state index contributed by atoms with van der Waals surface area (Å²) in [6, 6.07) is 5.21. The SMILES string of the molecule is N[C@@H](CC1CCCCC1)[C@@H](O)C(=O)CCc1ccccn1. The highest BCUT2D eigenvalue weighted by atomic mass is 16.3. The summed E-state index contributed by atoms with van der Waals surface area (Å²) in [7, 11) is 0. The summed E-state index contributed by atoms with van der Waals surface area (Å²) < 4.78 is 0. The number of aromatic nitrogens is 1. The van der Waals surface area contributed by atoms with E-state index >= 15 is 0 Å². The van der Waals surface area contributed by atoms with Gasteiger partial charge in [-0.05, 0) is 30.9 Å². The number of pyridine rings is 1. The molecule has 1 aliphatic carbocycles. The van der Waals surface area contributed by atoms with E-state index in [1.807, 2.05) is 18.2 Å². The number of nitrogens with two attached hydrogens (primary N) is 1. The van der Waals surface area contributed by atoms with Crippen molar-refractivity contribution < 1.29 is 9.90 Å². The Balaban J connectivity index is 1.75. The van der Waals surface area contributed by atoms with Crippen molar-refractivity contribution in [3.63, 3.8) is 0 Å². The number of Topliss-reactive ketones (excluding diaryl/α,β-unsaturated/α-hetero) is 1. The van der Waals surface area contributed by atoms with Gasteiger partial charge in [-0.25, -0.2) is 0 Å². The van der Waals surface area contributed by atoms with Crippen LogP contribution in [0.3, 0.4) is 0 Å². The minimum absolute atomic E-state index is 0.163. The third kappa shape index (κ3) is 5.21. The van der Waals surface area contributed by atoms with E-state index < -0.39 is 12.1 Å². The third-order valence-corrected chi connectivity index (χ3v) is 4.42. The van der Waals surface area contributed by atoms with Crippen LogP contribution in [0, 0.1) is 5.92 Å². The van der Waals surface area contributed by atoms with Crippen molar-refractivity contribution in [3.8, 4) is 0 Å². The molecular formula is C17H26N2O2. The highest BCUT2D eigenvalue weighted by Crippen LogP contribution is 2.27. The van der Waals surface area contributed by atoms with Crippen LogP contribution in [0.15, 0.2) is 24.4 Å². The predicted molar refractivity (Wildman–Crippen MR) is 82.7 cm³/mol. The lowest BCUT2D eigenvalue weighted by Crippen LogP contribution is -2.42. The number of hydrogen-bond donors (Lipinski definition) is 2. The van der Waals surface area contributed by atoms with Crippen molar-refractivity contribution in [2.45, 2.75) is 63.5 Å². The molecule has 3 N–H and O–H groups in total. The smallest absolute Gasteiger partial charge is 0.163 e. The van der Waals surface area contributed by atoms with Crippen molar-refractivity contribution in [1.82, 2.24) is 4.98 Å². The number of carbonyl (C=O) groups excluding carboxylic acids is 1. The van der Waals surface area contributed by atoms with Gasteiger partial charge in [0, 0.05) is 24.4 Å². The molecule has 116 valence electrons. The van der Waals surface area contributed by atoms with Crippen LogP contribution in [0.25, 0.3) is 0 Å². The molecule has 1 heterocycles. The first-order chi connectivity index (χ1) is 10.2. The monoisotopic (exact) mass is 290 g/mol. The van der Waals surface area contributed by atoms with Crippen LogP contribution in [-0.2, 0) is 11.2 Å². The maximum absolute atomic E-state index is 12.0. The molecule has 0 saturated heterocycles. The second-order valence-corrected chi connectivity index (χ2v) is 6.14. The number of rotatable bonds is 7. The molecule has 21 heavy (non-hydrogen) atoms. The zero-order valence-corrected chi connectivity index (χ0v) is 12.6. The first-order valence-electron chi connectivity index (χ1n) is 8.03. The van der Waals surface area contributed by atoms with Crippen LogP contribution in [0.1, 0.15) is 50.6 Å². The van der Waals surface area contributed by atoms with Gasteiger partial charge in [0.15, 0.2) is 5.78 Å². The van der Waals surface area contributed by atoms with Crippen LogP contribution in [0.2, 0.25) is 0 Å². The second kappa shape index (κ2) is 8.25. The number of ketones is 1. The Bertz CT molecular complexity index is 430. The third-order valence-electron chi connectivity index (χ3n) is 4.42. The summed E-state index contributed by atoms with van der Waals surface area (Å²) >= 11 is 0. The van der Waals surface area contributed by atoms with E-state index in [1.165, 1.54) is 32.1 Å². The maximum atomic E-state index is 12.0. The molecule has 2 rings (SSSR count). The van der Waals surface area contributed by atoms with Gasteiger partial charge in [0.1, 0.15) is 6.10 Å². The van der Waals surface area contributed by atoms with Gasteiger partial charge in [-0.2, -0.15) is 0 Å². The quantitative estimate of drug-likeness (QED) is 0.807. The van der Waals surface area contributed by atoms with E-state index in [2.05, 4.69) is 4.98 Å². The van der Waals surface area contributed by atoms with Crippen molar-refractivity contribution in [2.75, 3.05) is 0 Å². The normalized spacial score (nSPS) is 19.1. The summed E-state index contributed by atoms with van der Waals surface area (Å²) in [6.45, 7) is 0. The number of carbonyl (C=O) groups is 1. The number of aryl methyl sites for hydroxylation is 1. The largest absolute Gasteiger partial charge is 0.384 e. The van der Waals surface area contributed by atoms with Gasteiger partial charge in [0.2, 0.25) is 0 Å². The Labute approximate surface area is 126 Å². The molecule has 1 fully saturated rings. The summed E-state index contributed by atoms with van der Waals surface area (Å²) in [5.74, 6) is 0.413. The topological polar surface area (TPSA) is 76.2 Å². The highest BCUT2D eigenvalue weighted by Gasteiger charge is 2.26. The number of aliphatic hydroxyl groups is 1. The zero-order valence-electron chi connectivity index (χ0n) is 12.6. The molecule has 1 saturated carbocycles. The van der Waals surface area contributed by atoms with Crippen molar-refractivity contribution in [1.29, 1.82) is 0 Å². The summed E-state index contributed by atoms with van der Waals surface area (Å²) in [5, 5.41) is 10.1. The molecule has 0 unspecified atom stereocenters. The van der Waals surface area contributed by atoms with Crippen molar-refractivity contribution >= 4 is 5.78 Å². The lowest BCUT2D eigenvalue weighted by molar-refractivity contribution is -0.128. The van der Waals surface area contributed by atoms with Gasteiger partial charge in [-0.1, -0.05) is 38.2 Å². The summed E-state index contributed by atoms with van der Waals surface area (Å²) in [4.78, 5) is 16.2. The summed E-state index contributed by atoms with van der Waals surface area (Å²) in [6.07, 6.45) is 8.48. The van der Waals surface area contributed by atoms with E-state index in [-0.39, 0.29) is 5.78 Å². The number of nitrogens with zero attached hydrogens (tertiary/aromatic N) is 1. The molecule has 1 aromatic heterocycles.